The Bertz CT molecular complexity index is 883. The van der Waals surface area contributed by atoms with E-state index in [9.17, 15) is 9.18 Å². The van der Waals surface area contributed by atoms with Crippen molar-refractivity contribution in [3.05, 3.63) is 71.7 Å². The summed E-state index contributed by atoms with van der Waals surface area (Å²) in [5.74, 6) is -0.468. The first kappa shape index (κ1) is 17.9. The van der Waals surface area contributed by atoms with E-state index in [1.807, 2.05) is 31.2 Å². The fraction of sp³-hybridized carbons (Fsp3) is 0.238. The van der Waals surface area contributed by atoms with Crippen molar-refractivity contribution in [1.29, 1.82) is 0 Å². The SMILES string of the molecule is CCCCNC(=O)c1cc(-c2ccc(F)cc2)nn1-c1ccc(C)cc1. The summed E-state index contributed by atoms with van der Waals surface area (Å²) in [4.78, 5) is 12.6. The van der Waals surface area contributed by atoms with Gasteiger partial charge in [-0.1, -0.05) is 31.0 Å². The van der Waals surface area contributed by atoms with Gasteiger partial charge in [0.05, 0.1) is 11.4 Å². The molecule has 0 spiro atoms. The van der Waals surface area contributed by atoms with Crippen LogP contribution in [0.15, 0.2) is 54.6 Å². The van der Waals surface area contributed by atoms with Gasteiger partial charge in [-0.15, -0.1) is 0 Å². The molecule has 3 aromatic rings. The molecular formula is C21H22FN3O. The van der Waals surface area contributed by atoms with Crippen molar-refractivity contribution in [2.45, 2.75) is 26.7 Å². The molecule has 0 bridgehead atoms. The molecule has 0 saturated carbocycles. The number of hydrogen-bond acceptors (Lipinski definition) is 2. The van der Waals surface area contributed by atoms with Crippen molar-refractivity contribution in [2.75, 3.05) is 6.54 Å². The van der Waals surface area contributed by atoms with Gasteiger partial charge in [0, 0.05) is 12.1 Å². The molecule has 4 nitrogen and oxygen atoms in total. The summed E-state index contributed by atoms with van der Waals surface area (Å²) in [6.07, 6.45) is 1.94. The molecule has 3 rings (SSSR count). The first-order valence-electron chi connectivity index (χ1n) is 8.79. The zero-order valence-electron chi connectivity index (χ0n) is 15.0. The van der Waals surface area contributed by atoms with Crippen LogP contribution in [-0.2, 0) is 0 Å². The van der Waals surface area contributed by atoms with Crippen molar-refractivity contribution < 1.29 is 9.18 Å². The second kappa shape index (κ2) is 7.95. The van der Waals surface area contributed by atoms with Crippen molar-refractivity contribution in [1.82, 2.24) is 15.1 Å². The van der Waals surface area contributed by atoms with Gasteiger partial charge in [-0.3, -0.25) is 4.79 Å². The molecule has 0 radical (unpaired) electrons. The number of carbonyl (C=O) groups is 1. The Labute approximate surface area is 152 Å². The number of nitrogens with zero attached hydrogens (tertiary/aromatic N) is 2. The Hall–Kier alpha value is -2.95. The summed E-state index contributed by atoms with van der Waals surface area (Å²) in [6, 6.07) is 15.7. The van der Waals surface area contributed by atoms with Crippen LogP contribution in [0.3, 0.4) is 0 Å². The smallest absolute Gasteiger partial charge is 0.270 e. The molecule has 1 amide bonds. The van der Waals surface area contributed by atoms with Gasteiger partial charge >= 0.3 is 0 Å². The fourth-order valence-electron chi connectivity index (χ4n) is 2.66. The molecule has 2 aromatic carbocycles. The lowest BCUT2D eigenvalue weighted by atomic mass is 10.1. The monoisotopic (exact) mass is 351 g/mol. The number of unbranched alkanes of at least 4 members (excludes halogenated alkanes) is 1. The van der Waals surface area contributed by atoms with Crippen LogP contribution in [0.5, 0.6) is 0 Å². The molecule has 0 aliphatic carbocycles. The third-order valence-electron chi connectivity index (χ3n) is 4.18. The molecular weight excluding hydrogens is 329 g/mol. The number of rotatable bonds is 6. The summed E-state index contributed by atoms with van der Waals surface area (Å²) in [7, 11) is 0. The summed E-state index contributed by atoms with van der Waals surface area (Å²) >= 11 is 0. The van der Waals surface area contributed by atoms with Gasteiger partial charge in [0.1, 0.15) is 11.5 Å². The van der Waals surface area contributed by atoms with Crippen LogP contribution in [0.25, 0.3) is 16.9 Å². The molecule has 1 heterocycles. The number of amides is 1. The lowest BCUT2D eigenvalue weighted by Crippen LogP contribution is -2.26. The second-order valence-corrected chi connectivity index (χ2v) is 6.28. The molecule has 0 aliphatic rings. The van der Waals surface area contributed by atoms with E-state index in [2.05, 4.69) is 17.3 Å². The molecule has 1 aromatic heterocycles. The lowest BCUT2D eigenvalue weighted by molar-refractivity contribution is 0.0945. The Morgan fingerprint density at radius 2 is 1.81 bits per heavy atom. The van der Waals surface area contributed by atoms with Crippen LogP contribution in [0.2, 0.25) is 0 Å². The summed E-state index contributed by atoms with van der Waals surface area (Å²) in [6.45, 7) is 4.71. The molecule has 0 aliphatic heterocycles. The van der Waals surface area contributed by atoms with Crippen LogP contribution in [0.4, 0.5) is 4.39 Å². The van der Waals surface area contributed by atoms with Crippen LogP contribution < -0.4 is 5.32 Å². The number of nitrogens with one attached hydrogen (secondary N) is 1. The molecule has 0 fully saturated rings. The van der Waals surface area contributed by atoms with Crippen molar-refractivity contribution in [3.63, 3.8) is 0 Å². The summed E-state index contributed by atoms with van der Waals surface area (Å²) < 4.78 is 14.8. The van der Waals surface area contributed by atoms with Gasteiger partial charge in [-0.05, 0) is 55.8 Å². The largest absolute Gasteiger partial charge is 0.351 e. The molecule has 5 heteroatoms. The van der Waals surface area contributed by atoms with E-state index in [0.29, 0.717) is 17.9 Å². The highest BCUT2D eigenvalue weighted by molar-refractivity contribution is 5.94. The molecule has 1 N–H and O–H groups in total. The van der Waals surface area contributed by atoms with Gasteiger partial charge in [-0.2, -0.15) is 5.10 Å². The van der Waals surface area contributed by atoms with Gasteiger partial charge in [-0.25, -0.2) is 9.07 Å². The number of aromatic nitrogens is 2. The highest BCUT2D eigenvalue weighted by Crippen LogP contribution is 2.22. The third-order valence-corrected chi connectivity index (χ3v) is 4.18. The topological polar surface area (TPSA) is 46.9 Å². The molecule has 0 unspecified atom stereocenters. The minimum absolute atomic E-state index is 0.167. The molecule has 134 valence electrons. The van der Waals surface area contributed by atoms with Crippen LogP contribution in [0, 0.1) is 12.7 Å². The quantitative estimate of drug-likeness (QED) is 0.664. The number of halogens is 1. The number of hydrogen-bond donors (Lipinski definition) is 1. The first-order chi connectivity index (χ1) is 12.6. The van der Waals surface area contributed by atoms with E-state index in [4.69, 9.17) is 0 Å². The maximum Gasteiger partial charge on any atom is 0.270 e. The van der Waals surface area contributed by atoms with Gasteiger partial charge in [0.15, 0.2) is 0 Å². The summed E-state index contributed by atoms with van der Waals surface area (Å²) in [5, 5.41) is 7.53. The maximum atomic E-state index is 13.2. The van der Waals surface area contributed by atoms with E-state index in [1.165, 1.54) is 12.1 Å². The zero-order valence-corrected chi connectivity index (χ0v) is 15.0. The first-order valence-corrected chi connectivity index (χ1v) is 8.79. The van der Waals surface area contributed by atoms with Crippen molar-refractivity contribution in [2.24, 2.45) is 0 Å². The Kier molecular flexibility index (Phi) is 5.46. The number of benzene rings is 2. The fourth-order valence-corrected chi connectivity index (χ4v) is 2.66. The van der Waals surface area contributed by atoms with Gasteiger partial charge in [0.2, 0.25) is 0 Å². The Morgan fingerprint density at radius 3 is 2.46 bits per heavy atom. The van der Waals surface area contributed by atoms with E-state index in [1.54, 1.807) is 22.9 Å². The minimum Gasteiger partial charge on any atom is -0.351 e. The lowest BCUT2D eigenvalue weighted by Gasteiger charge is -2.08. The number of carbonyl (C=O) groups excluding carboxylic acids is 1. The third kappa shape index (κ3) is 3.99. The second-order valence-electron chi connectivity index (χ2n) is 6.28. The maximum absolute atomic E-state index is 13.2. The van der Waals surface area contributed by atoms with E-state index in [-0.39, 0.29) is 11.7 Å². The van der Waals surface area contributed by atoms with E-state index < -0.39 is 0 Å². The molecule has 0 saturated heterocycles. The predicted molar refractivity (Wildman–Crippen MR) is 101 cm³/mol. The Balaban J connectivity index is 2.00. The zero-order chi connectivity index (χ0) is 18.5. The van der Waals surface area contributed by atoms with Gasteiger partial charge < -0.3 is 5.32 Å². The van der Waals surface area contributed by atoms with Crippen molar-refractivity contribution >= 4 is 5.91 Å². The standard InChI is InChI=1S/C21H22FN3O/c1-3-4-13-23-21(26)20-14-19(16-7-9-17(22)10-8-16)24-25(20)18-11-5-15(2)6-12-18/h5-12,14H,3-4,13H2,1-2H3,(H,23,26). The molecule has 26 heavy (non-hydrogen) atoms. The normalized spacial score (nSPS) is 10.7. The van der Waals surface area contributed by atoms with Crippen LogP contribution in [0.1, 0.15) is 35.8 Å². The highest BCUT2D eigenvalue weighted by Gasteiger charge is 2.17. The van der Waals surface area contributed by atoms with E-state index in [0.717, 1.165) is 29.7 Å². The predicted octanol–water partition coefficient (Wildman–Crippen LogP) is 4.52. The van der Waals surface area contributed by atoms with Crippen molar-refractivity contribution in [3.8, 4) is 16.9 Å². The van der Waals surface area contributed by atoms with Crippen LogP contribution >= 0.6 is 0 Å². The number of aryl methyl sites for hydroxylation is 1. The average molecular weight is 351 g/mol. The van der Waals surface area contributed by atoms with Gasteiger partial charge in [0.25, 0.3) is 5.91 Å². The molecule has 0 atom stereocenters. The Morgan fingerprint density at radius 1 is 1.12 bits per heavy atom. The van der Waals surface area contributed by atoms with E-state index >= 15 is 0 Å². The van der Waals surface area contributed by atoms with Crippen LogP contribution in [-0.4, -0.2) is 22.2 Å². The minimum atomic E-state index is -0.302. The highest BCUT2D eigenvalue weighted by atomic mass is 19.1. The summed E-state index contributed by atoms with van der Waals surface area (Å²) in [5.41, 5.74) is 3.80. The average Bonchev–Trinajstić information content (AvgIpc) is 3.08.